The molecule has 2 N–H and O–H groups in total. The highest BCUT2D eigenvalue weighted by Crippen LogP contribution is 2.38. The predicted octanol–water partition coefficient (Wildman–Crippen LogP) is 3.89. The van der Waals surface area contributed by atoms with Crippen LogP contribution in [0.15, 0.2) is 35.4 Å². The summed E-state index contributed by atoms with van der Waals surface area (Å²) in [6.07, 6.45) is 1.66. The van der Waals surface area contributed by atoms with Crippen LogP contribution in [0.5, 0.6) is 17.2 Å². The number of benzene rings is 2. The second kappa shape index (κ2) is 8.56. The first kappa shape index (κ1) is 21.0. The van der Waals surface area contributed by atoms with Gasteiger partial charge in [-0.05, 0) is 25.1 Å². The van der Waals surface area contributed by atoms with Gasteiger partial charge in [-0.3, -0.25) is 0 Å². The lowest BCUT2D eigenvalue weighted by Crippen LogP contribution is -2.49. The Morgan fingerprint density at radius 1 is 1.15 bits per heavy atom. The smallest absolute Gasteiger partial charge is 0.299 e. The van der Waals surface area contributed by atoms with E-state index in [0.29, 0.717) is 22.3 Å². The van der Waals surface area contributed by atoms with Crippen molar-refractivity contribution in [3.05, 3.63) is 46.5 Å². The first-order valence-electron chi connectivity index (χ1n) is 8.06. The number of halogens is 1. The molecule has 0 heterocycles. The number of thiocarbonyl (C=S) groups is 1. The van der Waals surface area contributed by atoms with Crippen LogP contribution in [0.4, 0.5) is 5.69 Å². The largest absolute Gasteiger partial charge is 0.493 e. The molecule has 2 aromatic carbocycles. The van der Waals surface area contributed by atoms with Gasteiger partial charge >= 0.3 is 0 Å². The van der Waals surface area contributed by atoms with Gasteiger partial charge in [-0.25, -0.2) is 0 Å². The van der Waals surface area contributed by atoms with Gasteiger partial charge < -0.3 is 19.9 Å². The van der Waals surface area contributed by atoms with Gasteiger partial charge in [0.1, 0.15) is 7.05 Å². The Balaban J connectivity index is 2.55. The molecule has 0 saturated heterocycles. The Kier molecular flexibility index (Phi) is 6.64. The van der Waals surface area contributed by atoms with Crippen molar-refractivity contribution in [3.63, 3.8) is 0 Å². The van der Waals surface area contributed by atoms with E-state index in [4.69, 9.17) is 43.8 Å². The average Bonchev–Trinajstić information content (AvgIpc) is 2.66. The van der Waals surface area contributed by atoms with E-state index in [1.165, 1.54) is 0 Å². The number of quaternary nitrogens is 1. The number of nitrogens with zero attached hydrogens (tertiary/aromatic N) is 2. The molecule has 8 heteroatoms. The summed E-state index contributed by atoms with van der Waals surface area (Å²) < 4.78 is 16.0. The number of methoxy groups -OCH3 is 3. The van der Waals surface area contributed by atoms with Crippen molar-refractivity contribution in [1.29, 1.82) is 0 Å². The molecule has 0 fully saturated rings. The van der Waals surface area contributed by atoms with Gasteiger partial charge in [0.05, 0.1) is 27.5 Å². The Bertz CT molecular complexity index is 863. The van der Waals surface area contributed by atoms with E-state index in [1.54, 1.807) is 46.7 Å². The first-order chi connectivity index (χ1) is 12.8. The fourth-order valence-electron chi connectivity index (χ4n) is 2.66. The second-order valence-electron chi connectivity index (χ2n) is 5.88. The van der Waals surface area contributed by atoms with Gasteiger partial charge in [-0.2, -0.15) is 0 Å². The molecule has 0 amide bonds. The summed E-state index contributed by atoms with van der Waals surface area (Å²) in [5.41, 5.74) is 8.41. The topological polar surface area (TPSA) is 66.1 Å². The summed E-state index contributed by atoms with van der Waals surface area (Å²) in [6, 6.07) is 9.13. The second-order valence-corrected chi connectivity index (χ2v) is 6.71. The van der Waals surface area contributed by atoms with Crippen LogP contribution in [-0.4, -0.2) is 39.7 Å². The maximum atomic E-state index is 6.26. The SMILES string of the molecule is COc1cc(/C=N\[N+](C)(C(N)=S)c2cccc(Cl)c2C)cc(OC)c1OC. The molecule has 2 rings (SSSR count). The minimum absolute atomic E-state index is 0.127. The number of nitrogens with two attached hydrogens (primary N) is 1. The van der Waals surface area contributed by atoms with Gasteiger partial charge in [0.15, 0.2) is 17.2 Å². The van der Waals surface area contributed by atoms with E-state index >= 15 is 0 Å². The third kappa shape index (κ3) is 4.16. The third-order valence-corrected chi connectivity index (χ3v) is 5.03. The summed E-state index contributed by atoms with van der Waals surface area (Å²) in [7, 11) is 6.47. The summed E-state index contributed by atoms with van der Waals surface area (Å²) in [6.45, 7) is 1.90. The fourth-order valence-corrected chi connectivity index (χ4v) is 2.98. The van der Waals surface area contributed by atoms with Gasteiger partial charge in [0.25, 0.3) is 5.11 Å². The van der Waals surface area contributed by atoms with Crippen molar-refractivity contribution in [2.75, 3.05) is 28.4 Å². The van der Waals surface area contributed by atoms with Crippen LogP contribution in [0.2, 0.25) is 5.02 Å². The monoisotopic (exact) mass is 408 g/mol. The molecular formula is C19H23ClN3O3S+. The highest BCUT2D eigenvalue weighted by Gasteiger charge is 2.32. The maximum Gasteiger partial charge on any atom is 0.299 e. The van der Waals surface area contributed by atoms with Crippen molar-refractivity contribution in [3.8, 4) is 17.2 Å². The van der Waals surface area contributed by atoms with Crippen LogP contribution in [-0.2, 0) is 0 Å². The molecule has 0 aliphatic carbocycles. The summed E-state index contributed by atoms with van der Waals surface area (Å²) in [5, 5.41) is 5.45. The van der Waals surface area contributed by atoms with Crippen LogP contribution in [0.25, 0.3) is 0 Å². The van der Waals surface area contributed by atoms with Gasteiger partial charge in [0.2, 0.25) is 5.75 Å². The van der Waals surface area contributed by atoms with E-state index in [0.717, 1.165) is 16.8 Å². The Morgan fingerprint density at radius 2 is 1.74 bits per heavy atom. The molecule has 0 aliphatic rings. The molecule has 144 valence electrons. The molecule has 1 unspecified atom stereocenters. The van der Waals surface area contributed by atoms with Crippen molar-refractivity contribution < 1.29 is 14.2 Å². The van der Waals surface area contributed by atoms with E-state index in [9.17, 15) is 0 Å². The molecule has 0 aromatic heterocycles. The van der Waals surface area contributed by atoms with Gasteiger partial charge in [-0.1, -0.05) is 22.8 Å². The number of ether oxygens (including phenoxy) is 3. The van der Waals surface area contributed by atoms with Crippen molar-refractivity contribution in [2.24, 2.45) is 10.8 Å². The predicted molar refractivity (Wildman–Crippen MR) is 114 cm³/mol. The third-order valence-electron chi connectivity index (χ3n) is 4.26. The number of hydrogen-bond donors (Lipinski definition) is 1. The molecule has 0 radical (unpaired) electrons. The van der Waals surface area contributed by atoms with Gasteiger partial charge in [0, 0.05) is 34.4 Å². The Labute approximate surface area is 169 Å². The molecule has 0 aliphatic heterocycles. The van der Waals surface area contributed by atoms with Crippen LogP contribution < -0.4 is 24.5 Å². The highest BCUT2D eigenvalue weighted by molar-refractivity contribution is 7.80. The zero-order chi connectivity index (χ0) is 20.2. The maximum absolute atomic E-state index is 6.26. The Morgan fingerprint density at radius 3 is 2.22 bits per heavy atom. The zero-order valence-corrected chi connectivity index (χ0v) is 17.5. The van der Waals surface area contributed by atoms with E-state index in [-0.39, 0.29) is 9.70 Å². The minimum Gasteiger partial charge on any atom is -0.493 e. The number of hydrogen-bond acceptors (Lipinski definition) is 5. The molecule has 2 aromatic rings. The molecular weight excluding hydrogens is 386 g/mol. The molecule has 0 saturated carbocycles. The lowest BCUT2D eigenvalue weighted by atomic mass is 10.2. The van der Waals surface area contributed by atoms with Crippen LogP contribution in [0.1, 0.15) is 11.1 Å². The normalized spacial score (nSPS) is 13.3. The number of rotatable bonds is 6. The minimum atomic E-state index is -0.127. The molecule has 6 nitrogen and oxygen atoms in total. The zero-order valence-electron chi connectivity index (χ0n) is 15.9. The van der Waals surface area contributed by atoms with E-state index in [1.807, 2.05) is 25.1 Å². The van der Waals surface area contributed by atoms with E-state index in [2.05, 4.69) is 5.10 Å². The summed E-state index contributed by atoms with van der Waals surface area (Å²) in [4.78, 5) is 0. The lowest BCUT2D eigenvalue weighted by molar-refractivity contribution is 0.324. The van der Waals surface area contributed by atoms with Crippen molar-refractivity contribution >= 4 is 40.8 Å². The van der Waals surface area contributed by atoms with Crippen molar-refractivity contribution in [2.45, 2.75) is 6.92 Å². The van der Waals surface area contributed by atoms with Crippen molar-refractivity contribution in [1.82, 2.24) is 4.59 Å². The fraction of sp³-hybridized carbons (Fsp3) is 0.263. The Hall–Kier alpha value is -2.35. The van der Waals surface area contributed by atoms with Crippen LogP contribution >= 0.6 is 23.8 Å². The molecule has 0 bridgehead atoms. The quantitative estimate of drug-likeness (QED) is 0.340. The standard InChI is InChI=1S/C19H22ClN3O3S/c1-12-14(20)7-6-8-15(12)23(2,19(21)27)22-11-13-9-16(24-3)18(26-5)17(10-13)25-4/h6-11H,1-5H3,(H-,21,27)/p+1/b22-11-. The van der Waals surface area contributed by atoms with Crippen LogP contribution in [0, 0.1) is 6.92 Å². The average molecular weight is 409 g/mol. The van der Waals surface area contributed by atoms with Gasteiger partial charge in [-0.15, -0.1) is 4.59 Å². The summed E-state index contributed by atoms with van der Waals surface area (Å²) >= 11 is 11.6. The summed E-state index contributed by atoms with van der Waals surface area (Å²) in [5.74, 6) is 1.57. The molecule has 0 spiro atoms. The first-order valence-corrected chi connectivity index (χ1v) is 8.85. The van der Waals surface area contributed by atoms with E-state index < -0.39 is 0 Å². The molecule has 1 atom stereocenters. The lowest BCUT2D eigenvalue weighted by Gasteiger charge is -2.26. The van der Waals surface area contributed by atoms with Crippen LogP contribution in [0.3, 0.4) is 0 Å². The highest BCUT2D eigenvalue weighted by atomic mass is 35.5. The molecule has 27 heavy (non-hydrogen) atoms.